The van der Waals surface area contributed by atoms with Crippen molar-refractivity contribution in [3.8, 4) is 0 Å². The van der Waals surface area contributed by atoms with Crippen molar-refractivity contribution in [3.63, 3.8) is 0 Å². The maximum absolute atomic E-state index is 12.3. The van der Waals surface area contributed by atoms with Crippen molar-refractivity contribution in [3.05, 3.63) is 45.5 Å². The third-order valence-electron chi connectivity index (χ3n) is 13.1. The van der Waals surface area contributed by atoms with Crippen LogP contribution in [-0.4, -0.2) is 93.5 Å². The SMILES string of the molecule is CCCCCCCCCCCCCCCCOCCCOP(=O)(O)CO[C@H](CC)Cn1ccc(N)nc1=O.CCCCCCCCCCCCCCCCOCCCOP(=O)([O-])CC.CC[C@@H](O)Cn1ccc(N)nc1=O.[Na+]. The molecule has 18 nitrogen and oxygen atoms in total. The van der Waals surface area contributed by atoms with Crippen molar-refractivity contribution < 1.29 is 76.8 Å². The van der Waals surface area contributed by atoms with Crippen LogP contribution in [0.3, 0.4) is 0 Å². The Morgan fingerprint density at radius 1 is 0.526 bits per heavy atom. The molecule has 4 atom stereocenters. The minimum atomic E-state index is -3.88. The first-order chi connectivity index (χ1) is 37.1. The number of nitrogen functional groups attached to an aromatic ring is 2. The number of nitrogens with two attached hydrogens (primary N) is 2. The molecule has 0 bridgehead atoms. The van der Waals surface area contributed by atoms with Gasteiger partial charge in [0.25, 0.3) is 0 Å². The maximum Gasteiger partial charge on any atom is 1.00 e. The van der Waals surface area contributed by atoms with E-state index in [-0.39, 0.29) is 73.7 Å². The first-order valence-corrected chi connectivity index (χ1v) is 33.6. The summed E-state index contributed by atoms with van der Waals surface area (Å²) in [4.78, 5) is 51.4. The number of nitrogens with zero attached hydrogens (tertiary/aromatic N) is 4. The number of aliphatic hydroxyl groups excluding tert-OH is 1. The molecule has 0 aliphatic carbocycles. The van der Waals surface area contributed by atoms with Gasteiger partial charge in [0.1, 0.15) is 25.6 Å². The molecule has 2 heterocycles. The van der Waals surface area contributed by atoms with Gasteiger partial charge in [-0.1, -0.05) is 202 Å². The largest absolute Gasteiger partial charge is 1.00 e. The summed E-state index contributed by atoms with van der Waals surface area (Å²) in [6, 6.07) is 3.05. The fraction of sp³-hybridized carbons (Fsp3) is 0.860. The minimum Gasteiger partial charge on any atom is -0.779 e. The molecule has 2 aromatic rings. The first kappa shape index (κ1) is 78.6. The molecule has 6 N–H and O–H groups in total. The van der Waals surface area contributed by atoms with E-state index in [0.29, 0.717) is 38.9 Å². The van der Waals surface area contributed by atoms with E-state index in [2.05, 4.69) is 23.8 Å². The van der Waals surface area contributed by atoms with Gasteiger partial charge in [-0.15, -0.1) is 0 Å². The number of aliphatic hydroxyl groups is 1. The summed E-state index contributed by atoms with van der Waals surface area (Å²) in [6.07, 6.45) is 41.8. The molecule has 21 heteroatoms. The van der Waals surface area contributed by atoms with Crippen LogP contribution in [0.1, 0.15) is 240 Å². The zero-order valence-corrected chi connectivity index (χ0v) is 53.8. The van der Waals surface area contributed by atoms with Crippen molar-refractivity contribution in [1.82, 2.24) is 19.1 Å². The molecule has 0 aromatic carbocycles. The third kappa shape index (κ3) is 50.2. The first-order valence-electron chi connectivity index (χ1n) is 30.1. The number of aromatic nitrogens is 4. The van der Waals surface area contributed by atoms with Crippen molar-refractivity contribution >= 4 is 26.8 Å². The van der Waals surface area contributed by atoms with Crippen molar-refractivity contribution in [2.24, 2.45) is 0 Å². The average molecular weight is 1160 g/mol. The maximum atomic E-state index is 12.3. The van der Waals surface area contributed by atoms with E-state index >= 15 is 0 Å². The average Bonchev–Trinajstić information content (AvgIpc) is 3.40. The predicted octanol–water partition coefficient (Wildman–Crippen LogP) is 9.73. The van der Waals surface area contributed by atoms with Gasteiger partial charge in [-0.3, -0.25) is 13.7 Å². The van der Waals surface area contributed by atoms with Crippen LogP contribution >= 0.6 is 15.2 Å². The van der Waals surface area contributed by atoms with Gasteiger partial charge in [0.2, 0.25) is 0 Å². The van der Waals surface area contributed by atoms with Crippen LogP contribution in [0.15, 0.2) is 34.1 Å². The fourth-order valence-corrected chi connectivity index (χ4v) is 9.58. The van der Waals surface area contributed by atoms with Gasteiger partial charge in [-0.25, -0.2) is 9.59 Å². The summed E-state index contributed by atoms with van der Waals surface area (Å²) in [5, 5.41) is 9.29. The van der Waals surface area contributed by atoms with Crippen LogP contribution in [-0.2, 0) is 45.5 Å². The van der Waals surface area contributed by atoms with Crippen molar-refractivity contribution in [2.75, 3.05) is 63.6 Å². The summed E-state index contributed by atoms with van der Waals surface area (Å²) in [5.74, 6) is 0.351. The van der Waals surface area contributed by atoms with Crippen LogP contribution in [0, 0.1) is 0 Å². The summed E-state index contributed by atoms with van der Waals surface area (Å²) >= 11 is 0. The topological polar surface area (TPSA) is 266 Å². The smallest absolute Gasteiger partial charge is 0.779 e. The van der Waals surface area contributed by atoms with Gasteiger partial charge in [-0.05, 0) is 50.7 Å². The molecule has 0 amide bonds. The molecule has 2 unspecified atom stereocenters. The standard InChI is InChI=1S/C28H54N3O6P.C21H45O4P.C8H13N3O2.Na/c1-3-5-6-7-8-9-10-11-12-13-14-15-16-17-21-35-22-18-23-37-38(33,34)25-36-26(4-2)24-31-20-19-27(29)30-28(31)32;1-3-5-6-7-8-9-10-11-12-13-14-15-16-17-19-24-20-18-21-25-26(22,23)4-2;1-2-6(12)5-11-4-3-7(9)10-8(11)13;/h19-20,26H,3-18,21-25H2,1-2H3,(H,33,34)(H2,29,30,32);3-21H2,1-2H3,(H,22,23);3-4,6,12H,2,5H2,1H3,(H2,9,10,13);/q;;;+1/p-1/t26-;;6-;/m1.1./s1. The Labute approximate surface area is 494 Å². The predicted molar refractivity (Wildman–Crippen MR) is 314 cm³/mol. The molecule has 0 radical (unpaired) electrons. The normalized spacial score (nSPS) is 13.5. The van der Waals surface area contributed by atoms with Crippen LogP contribution in [0.2, 0.25) is 0 Å². The molecule has 0 saturated carbocycles. The van der Waals surface area contributed by atoms with E-state index in [1.807, 2.05) is 13.8 Å². The van der Waals surface area contributed by atoms with Crippen LogP contribution < -0.4 is 57.3 Å². The summed E-state index contributed by atoms with van der Waals surface area (Å²) in [6.45, 7) is 13.3. The molecule has 0 fully saturated rings. The quantitative estimate of drug-likeness (QED) is 0.0273. The number of hydrogen-bond donors (Lipinski definition) is 4. The van der Waals surface area contributed by atoms with Crippen LogP contribution in [0.4, 0.5) is 11.6 Å². The van der Waals surface area contributed by atoms with E-state index in [0.717, 1.165) is 26.1 Å². The van der Waals surface area contributed by atoms with Crippen LogP contribution in [0.25, 0.3) is 0 Å². The third-order valence-corrected chi connectivity index (χ3v) is 15.5. The molecule has 0 aliphatic heterocycles. The Balaban J connectivity index is 0. The zero-order chi connectivity index (χ0) is 57.1. The number of rotatable bonds is 50. The van der Waals surface area contributed by atoms with Crippen molar-refractivity contribution in [2.45, 2.75) is 265 Å². The fourth-order valence-electron chi connectivity index (χ4n) is 8.10. The van der Waals surface area contributed by atoms with Gasteiger partial charge in [0.15, 0.2) is 0 Å². The van der Waals surface area contributed by atoms with E-state index in [9.17, 15) is 33.6 Å². The zero-order valence-electron chi connectivity index (χ0n) is 50.0. The van der Waals surface area contributed by atoms with E-state index in [1.54, 1.807) is 6.92 Å². The molecule has 2 aromatic heterocycles. The van der Waals surface area contributed by atoms with Crippen LogP contribution in [0.5, 0.6) is 0 Å². The number of unbranched alkanes of at least 4 members (excludes halogenated alkanes) is 26. The Kier molecular flexibility index (Phi) is 55.1. The van der Waals surface area contributed by atoms with E-state index in [4.69, 9.17) is 34.7 Å². The molecule has 0 aliphatic rings. The van der Waals surface area contributed by atoms with Crippen molar-refractivity contribution in [1.29, 1.82) is 0 Å². The molecule has 0 spiro atoms. The molecule has 2 rings (SSSR count). The number of anilines is 2. The molecule has 452 valence electrons. The van der Waals surface area contributed by atoms with E-state index < -0.39 is 45.1 Å². The summed E-state index contributed by atoms with van der Waals surface area (Å²) < 4.78 is 52.8. The van der Waals surface area contributed by atoms with Gasteiger partial charge >= 0.3 is 48.5 Å². The Bertz CT molecular complexity index is 1870. The van der Waals surface area contributed by atoms with E-state index in [1.165, 1.54) is 201 Å². The number of hydrogen-bond acceptors (Lipinski definition) is 15. The molecular weight excluding hydrogens is 1050 g/mol. The van der Waals surface area contributed by atoms with Gasteiger partial charge in [0, 0.05) is 45.0 Å². The molecule has 0 saturated heterocycles. The molecule has 78 heavy (non-hydrogen) atoms. The minimum absolute atomic E-state index is 0. The summed E-state index contributed by atoms with van der Waals surface area (Å²) in [5.41, 5.74) is 9.90. The second-order valence-corrected chi connectivity index (χ2v) is 24.2. The Hall–Kier alpha value is -1.50. The number of ether oxygens (including phenoxy) is 3. The van der Waals surface area contributed by atoms with Gasteiger partial charge in [0.05, 0.1) is 38.5 Å². The van der Waals surface area contributed by atoms with Gasteiger partial charge < -0.3 is 54.2 Å². The Morgan fingerprint density at radius 2 is 0.872 bits per heavy atom. The second-order valence-electron chi connectivity index (χ2n) is 20.3. The monoisotopic (exact) mass is 1160 g/mol. The second kappa shape index (κ2) is 54.7. The van der Waals surface area contributed by atoms with Gasteiger partial charge in [-0.2, -0.15) is 9.97 Å². The Morgan fingerprint density at radius 3 is 1.22 bits per heavy atom. The molecular formula is C57H111N6NaO12P2. The summed E-state index contributed by atoms with van der Waals surface area (Å²) in [7, 11) is -7.45.